The van der Waals surface area contributed by atoms with Crippen LogP contribution < -0.4 is 11.5 Å². The molecule has 0 spiro atoms. The molecule has 0 aliphatic heterocycles. The number of nitrogens with zero attached hydrogens (tertiary/aromatic N) is 2. The van der Waals surface area contributed by atoms with Gasteiger partial charge in [0.25, 0.3) is 0 Å². The SMILES string of the molecule is CC(C)(C)c1ccc(O)c(C=Nc2ccccc2N=Cc2cc(C(C)(C)C)ccc2O)c1.CC(C)(C)c1ccc(O)c(C=O)c1.CCO.Nc1ccccc1N. The van der Waals surface area contributed by atoms with Gasteiger partial charge < -0.3 is 31.9 Å². The normalized spacial score (nSPS) is 11.5. The average Bonchev–Trinajstić information content (AvgIpc) is 3.12. The van der Waals surface area contributed by atoms with Crippen molar-refractivity contribution >= 4 is 41.5 Å². The molecule has 0 unspecified atom stereocenters. The van der Waals surface area contributed by atoms with Gasteiger partial charge in [-0.25, -0.2) is 0 Å². The number of anilines is 2. The Bertz CT molecular complexity index is 1970. The predicted molar refractivity (Wildman–Crippen MR) is 235 cm³/mol. The number of nitrogens with two attached hydrogens (primary N) is 2. The Balaban J connectivity index is 0.000000365. The molecule has 0 aromatic heterocycles. The lowest BCUT2D eigenvalue weighted by Crippen LogP contribution is -2.11. The summed E-state index contributed by atoms with van der Waals surface area (Å²) >= 11 is 0. The lowest BCUT2D eigenvalue weighted by molar-refractivity contribution is 0.112. The van der Waals surface area contributed by atoms with Crippen molar-refractivity contribution in [2.45, 2.75) is 85.5 Å². The Labute approximate surface area is 333 Å². The molecule has 0 amide bonds. The molecule has 8 N–H and O–H groups in total. The van der Waals surface area contributed by atoms with E-state index in [9.17, 15) is 20.1 Å². The van der Waals surface area contributed by atoms with E-state index < -0.39 is 0 Å². The maximum Gasteiger partial charge on any atom is 0.153 e. The van der Waals surface area contributed by atoms with E-state index in [-0.39, 0.29) is 40.1 Å². The van der Waals surface area contributed by atoms with E-state index in [1.165, 1.54) is 0 Å². The van der Waals surface area contributed by atoms with E-state index in [0.29, 0.717) is 45.7 Å². The van der Waals surface area contributed by atoms with Gasteiger partial charge in [0.1, 0.15) is 17.2 Å². The Morgan fingerprint density at radius 2 is 0.804 bits per heavy atom. The molecule has 9 nitrogen and oxygen atoms in total. The van der Waals surface area contributed by atoms with Gasteiger partial charge in [0, 0.05) is 30.2 Å². The van der Waals surface area contributed by atoms with Crippen molar-refractivity contribution in [3.8, 4) is 17.2 Å². The van der Waals surface area contributed by atoms with Crippen LogP contribution in [0.5, 0.6) is 17.2 Å². The predicted octanol–water partition coefficient (Wildman–Crippen LogP) is 10.5. The van der Waals surface area contributed by atoms with Crippen LogP contribution in [0.4, 0.5) is 22.7 Å². The number of benzene rings is 5. The molecule has 0 saturated carbocycles. The Morgan fingerprint density at radius 3 is 1.09 bits per heavy atom. The zero-order chi connectivity index (χ0) is 42.3. The van der Waals surface area contributed by atoms with Gasteiger partial charge in [-0.15, -0.1) is 0 Å². The van der Waals surface area contributed by atoms with Crippen molar-refractivity contribution in [1.29, 1.82) is 0 Å². The van der Waals surface area contributed by atoms with Crippen molar-refractivity contribution in [3.63, 3.8) is 0 Å². The van der Waals surface area contributed by atoms with Gasteiger partial charge in [-0.05, 0) is 101 Å². The van der Waals surface area contributed by atoms with Crippen LogP contribution in [0.2, 0.25) is 0 Å². The van der Waals surface area contributed by atoms with Crippen molar-refractivity contribution in [1.82, 2.24) is 0 Å². The smallest absolute Gasteiger partial charge is 0.153 e. The molecule has 0 aliphatic rings. The van der Waals surface area contributed by atoms with Crippen LogP contribution in [0, 0.1) is 0 Å². The average molecular weight is 761 g/mol. The molecular formula is C47H60N4O5. The number of hydrogen-bond donors (Lipinski definition) is 6. The Kier molecular flexibility index (Phi) is 17.1. The van der Waals surface area contributed by atoms with E-state index in [0.717, 1.165) is 16.7 Å². The maximum atomic E-state index is 10.5. The largest absolute Gasteiger partial charge is 0.507 e. The van der Waals surface area contributed by atoms with Crippen LogP contribution in [0.1, 0.15) is 107 Å². The standard InChI is InChI=1S/C28H32N2O2.C11H14O2.C6H8N2.C2H6O/c1-27(2,3)21-11-13-25(31)19(15-21)17-29-23-9-7-8-10-24(23)30-18-20-16-22(28(4,5)6)12-14-26(20)32;1-11(2,3)9-4-5-10(13)8(6-9)7-12;7-5-3-1-2-4-6(5)8;1-2-3/h7-18,31-32H,1-6H3;4-7,13H,1-3H3;1-4H,7-8H2;3H,2H2,1H3. The minimum absolute atomic E-state index is 0.00542. The summed E-state index contributed by atoms with van der Waals surface area (Å²) in [6.45, 7) is 20.9. The third-order valence-corrected chi connectivity index (χ3v) is 8.37. The topological polar surface area (TPSA) is 175 Å². The number of nitrogen functional groups attached to an aromatic ring is 2. The Hall–Kier alpha value is -5.93. The number of aliphatic imine (C=N–C) groups is 2. The van der Waals surface area contributed by atoms with Gasteiger partial charge in [0.15, 0.2) is 6.29 Å². The minimum atomic E-state index is -0.0257. The quantitative estimate of drug-likeness (QED) is 0.0587. The molecule has 56 heavy (non-hydrogen) atoms. The molecule has 0 atom stereocenters. The molecule has 0 fully saturated rings. The monoisotopic (exact) mass is 760 g/mol. The molecule has 9 heteroatoms. The summed E-state index contributed by atoms with van der Waals surface area (Å²) in [6, 6.07) is 31.1. The summed E-state index contributed by atoms with van der Waals surface area (Å²) in [4.78, 5) is 19.7. The highest BCUT2D eigenvalue weighted by Crippen LogP contribution is 2.32. The van der Waals surface area contributed by atoms with Gasteiger partial charge in [0.05, 0.1) is 28.3 Å². The lowest BCUT2D eigenvalue weighted by Gasteiger charge is -2.19. The van der Waals surface area contributed by atoms with Crippen LogP contribution in [0.25, 0.3) is 0 Å². The molecule has 5 aromatic rings. The first-order chi connectivity index (χ1) is 26.1. The first kappa shape index (κ1) is 46.2. The fraction of sp³-hybridized carbons (Fsp3) is 0.298. The van der Waals surface area contributed by atoms with E-state index in [2.05, 4.69) is 72.3 Å². The summed E-state index contributed by atoms with van der Waals surface area (Å²) in [5, 5.41) is 37.4. The molecule has 5 aromatic carbocycles. The zero-order valence-corrected chi connectivity index (χ0v) is 34.5. The van der Waals surface area contributed by atoms with Crippen LogP contribution in [-0.2, 0) is 16.2 Å². The first-order valence-electron chi connectivity index (χ1n) is 18.5. The van der Waals surface area contributed by atoms with Crippen molar-refractivity contribution in [2.75, 3.05) is 18.1 Å². The highest BCUT2D eigenvalue weighted by Gasteiger charge is 2.17. The van der Waals surface area contributed by atoms with Crippen molar-refractivity contribution < 1.29 is 25.2 Å². The summed E-state index contributed by atoms with van der Waals surface area (Å²) in [7, 11) is 0. The Morgan fingerprint density at radius 1 is 0.518 bits per heavy atom. The second-order valence-electron chi connectivity index (χ2n) is 16.1. The molecule has 5 rings (SSSR count). The van der Waals surface area contributed by atoms with Crippen molar-refractivity contribution in [3.05, 3.63) is 137 Å². The minimum Gasteiger partial charge on any atom is -0.507 e. The van der Waals surface area contributed by atoms with Crippen molar-refractivity contribution in [2.24, 2.45) is 9.98 Å². The summed E-state index contributed by atoms with van der Waals surface area (Å²) in [5.41, 5.74) is 18.4. The van der Waals surface area contributed by atoms with Crippen LogP contribution >= 0.6 is 0 Å². The summed E-state index contributed by atoms with van der Waals surface area (Å²) < 4.78 is 0. The first-order valence-corrected chi connectivity index (χ1v) is 18.5. The third kappa shape index (κ3) is 14.7. The highest BCUT2D eigenvalue weighted by molar-refractivity contribution is 5.89. The number of phenolic OH excluding ortho intramolecular Hbond substituents is 3. The molecular weight excluding hydrogens is 701 g/mol. The summed E-state index contributed by atoms with van der Waals surface area (Å²) in [5.74, 6) is 0.418. The molecule has 298 valence electrons. The van der Waals surface area contributed by atoms with Gasteiger partial charge >= 0.3 is 0 Å². The zero-order valence-electron chi connectivity index (χ0n) is 34.5. The number of aromatic hydroxyl groups is 3. The fourth-order valence-electron chi connectivity index (χ4n) is 4.84. The number of phenols is 3. The van der Waals surface area contributed by atoms with E-state index >= 15 is 0 Å². The van der Waals surface area contributed by atoms with E-state index in [1.54, 1.807) is 55.8 Å². The molecule has 0 bridgehead atoms. The fourth-order valence-corrected chi connectivity index (χ4v) is 4.84. The number of aldehydes is 1. The molecule has 0 aliphatic carbocycles. The number of carbonyl (C=O) groups excluding carboxylic acids is 1. The van der Waals surface area contributed by atoms with Crippen LogP contribution in [0.3, 0.4) is 0 Å². The molecule has 0 heterocycles. The van der Waals surface area contributed by atoms with Gasteiger partial charge in [-0.2, -0.15) is 0 Å². The van der Waals surface area contributed by atoms with Crippen LogP contribution in [0.15, 0.2) is 113 Å². The van der Waals surface area contributed by atoms with Crippen LogP contribution in [-0.4, -0.2) is 45.7 Å². The number of carbonyl (C=O) groups is 1. The lowest BCUT2D eigenvalue weighted by atomic mass is 9.86. The number of rotatable bonds is 5. The van der Waals surface area contributed by atoms with Gasteiger partial charge in [-0.1, -0.05) is 105 Å². The second kappa shape index (κ2) is 20.7. The second-order valence-corrected chi connectivity index (χ2v) is 16.1. The number of aliphatic hydroxyl groups is 1. The van der Waals surface area contributed by atoms with E-state index in [1.807, 2.05) is 66.7 Å². The van der Waals surface area contributed by atoms with Gasteiger partial charge in [0.2, 0.25) is 0 Å². The number of hydrogen-bond acceptors (Lipinski definition) is 9. The number of para-hydroxylation sites is 4. The molecule has 0 saturated heterocycles. The third-order valence-electron chi connectivity index (χ3n) is 8.37. The van der Waals surface area contributed by atoms with E-state index in [4.69, 9.17) is 16.6 Å². The maximum absolute atomic E-state index is 10.5. The highest BCUT2D eigenvalue weighted by atomic mass is 16.3. The summed E-state index contributed by atoms with van der Waals surface area (Å²) in [6.07, 6.45) is 4.00. The number of aliphatic hydroxyl groups excluding tert-OH is 1. The molecule has 0 radical (unpaired) electrons. The van der Waals surface area contributed by atoms with Gasteiger partial charge in [-0.3, -0.25) is 14.8 Å².